The number of anilines is 1. The molecule has 0 radical (unpaired) electrons. The second-order valence-electron chi connectivity index (χ2n) is 4.27. The van der Waals surface area contributed by atoms with E-state index in [9.17, 15) is 4.79 Å². The molecule has 0 fully saturated rings. The van der Waals surface area contributed by atoms with Crippen LogP contribution in [0.4, 0.5) is 5.69 Å². The van der Waals surface area contributed by atoms with Crippen molar-refractivity contribution in [3.63, 3.8) is 0 Å². The largest absolute Gasteiger partial charge is 0.322 e. The standard InChI is InChI=1S/C14H10BrN5O/c15-11-4-2-5-12(8-11)17-14(21)10-3-1-6-13(7-10)20-9-16-18-19-20/h1-9H,(H,17,21). The minimum Gasteiger partial charge on any atom is -0.322 e. The molecule has 0 atom stereocenters. The zero-order chi connectivity index (χ0) is 14.7. The lowest BCUT2D eigenvalue weighted by Gasteiger charge is -2.07. The van der Waals surface area contributed by atoms with Gasteiger partial charge in [-0.3, -0.25) is 4.79 Å². The van der Waals surface area contributed by atoms with E-state index in [2.05, 4.69) is 36.8 Å². The van der Waals surface area contributed by atoms with E-state index < -0.39 is 0 Å². The minimum absolute atomic E-state index is 0.192. The third-order valence-electron chi connectivity index (χ3n) is 2.80. The van der Waals surface area contributed by atoms with Crippen LogP contribution in [0.25, 0.3) is 5.69 Å². The van der Waals surface area contributed by atoms with Crippen molar-refractivity contribution in [1.82, 2.24) is 20.2 Å². The first-order valence-electron chi connectivity index (χ1n) is 6.13. The molecular weight excluding hydrogens is 334 g/mol. The fourth-order valence-electron chi connectivity index (χ4n) is 1.84. The lowest BCUT2D eigenvalue weighted by Crippen LogP contribution is -2.12. The van der Waals surface area contributed by atoms with Gasteiger partial charge in [-0.2, -0.15) is 0 Å². The smallest absolute Gasteiger partial charge is 0.255 e. The van der Waals surface area contributed by atoms with Gasteiger partial charge >= 0.3 is 0 Å². The summed E-state index contributed by atoms with van der Waals surface area (Å²) in [7, 11) is 0. The van der Waals surface area contributed by atoms with Crippen LogP contribution in [0.2, 0.25) is 0 Å². The van der Waals surface area contributed by atoms with Crippen LogP contribution in [0.5, 0.6) is 0 Å². The molecule has 1 heterocycles. The number of carbonyl (C=O) groups excluding carboxylic acids is 1. The Labute approximate surface area is 128 Å². The Bertz CT molecular complexity index is 773. The van der Waals surface area contributed by atoms with Gasteiger partial charge in [-0.15, -0.1) is 5.10 Å². The zero-order valence-electron chi connectivity index (χ0n) is 10.8. The molecule has 3 aromatic rings. The summed E-state index contributed by atoms with van der Waals surface area (Å²) < 4.78 is 2.40. The highest BCUT2D eigenvalue weighted by Crippen LogP contribution is 2.17. The molecule has 0 spiro atoms. The fraction of sp³-hybridized carbons (Fsp3) is 0. The molecule has 0 saturated heterocycles. The van der Waals surface area contributed by atoms with Crippen molar-refractivity contribution < 1.29 is 4.79 Å². The van der Waals surface area contributed by atoms with Crippen molar-refractivity contribution in [3.05, 3.63) is 64.9 Å². The van der Waals surface area contributed by atoms with Gasteiger partial charge in [0.05, 0.1) is 5.69 Å². The van der Waals surface area contributed by atoms with Crippen LogP contribution in [-0.2, 0) is 0 Å². The van der Waals surface area contributed by atoms with Gasteiger partial charge in [-0.05, 0) is 46.8 Å². The summed E-state index contributed by atoms with van der Waals surface area (Å²) in [4.78, 5) is 12.3. The molecule has 0 aliphatic heterocycles. The number of hydrogen-bond acceptors (Lipinski definition) is 4. The molecule has 2 aromatic carbocycles. The summed E-state index contributed by atoms with van der Waals surface area (Å²) in [6.07, 6.45) is 1.48. The highest BCUT2D eigenvalue weighted by molar-refractivity contribution is 9.10. The highest BCUT2D eigenvalue weighted by atomic mass is 79.9. The van der Waals surface area contributed by atoms with E-state index in [1.165, 1.54) is 11.0 Å². The van der Waals surface area contributed by atoms with Gasteiger partial charge in [0.25, 0.3) is 5.91 Å². The number of tetrazole rings is 1. The van der Waals surface area contributed by atoms with Crippen molar-refractivity contribution >= 4 is 27.5 Å². The molecule has 0 aliphatic carbocycles. The number of hydrogen-bond donors (Lipinski definition) is 1. The number of halogens is 1. The number of amides is 1. The van der Waals surface area contributed by atoms with Crippen LogP contribution in [0.15, 0.2) is 59.3 Å². The van der Waals surface area contributed by atoms with Crippen LogP contribution >= 0.6 is 15.9 Å². The predicted octanol–water partition coefficient (Wildman–Crippen LogP) is 2.68. The molecule has 0 aliphatic rings. The van der Waals surface area contributed by atoms with Gasteiger partial charge in [-0.1, -0.05) is 28.1 Å². The number of benzene rings is 2. The van der Waals surface area contributed by atoms with Crippen LogP contribution in [0.1, 0.15) is 10.4 Å². The van der Waals surface area contributed by atoms with Gasteiger partial charge in [0.15, 0.2) is 0 Å². The Balaban J connectivity index is 1.83. The van der Waals surface area contributed by atoms with E-state index in [1.807, 2.05) is 30.3 Å². The van der Waals surface area contributed by atoms with E-state index in [0.29, 0.717) is 5.56 Å². The van der Waals surface area contributed by atoms with Crippen LogP contribution in [0.3, 0.4) is 0 Å². The topological polar surface area (TPSA) is 72.7 Å². The molecule has 3 rings (SSSR count). The van der Waals surface area contributed by atoms with Gasteiger partial charge in [-0.25, -0.2) is 4.68 Å². The Morgan fingerprint density at radius 2 is 2.00 bits per heavy atom. The van der Waals surface area contributed by atoms with Crippen molar-refractivity contribution in [2.45, 2.75) is 0 Å². The van der Waals surface area contributed by atoms with Crippen LogP contribution < -0.4 is 5.32 Å². The summed E-state index contributed by atoms with van der Waals surface area (Å²) in [6, 6.07) is 14.5. The molecule has 104 valence electrons. The normalized spacial score (nSPS) is 10.3. The van der Waals surface area contributed by atoms with Gasteiger partial charge in [0.1, 0.15) is 6.33 Å². The van der Waals surface area contributed by atoms with Crippen LogP contribution in [0, 0.1) is 0 Å². The molecule has 0 bridgehead atoms. The molecule has 1 N–H and O–H groups in total. The molecule has 0 saturated carbocycles. The fourth-order valence-corrected chi connectivity index (χ4v) is 2.24. The summed E-state index contributed by atoms with van der Waals surface area (Å²) >= 11 is 3.37. The number of aromatic nitrogens is 4. The second kappa shape index (κ2) is 5.84. The van der Waals surface area contributed by atoms with Crippen molar-refractivity contribution in [2.75, 3.05) is 5.32 Å². The third-order valence-corrected chi connectivity index (χ3v) is 3.30. The zero-order valence-corrected chi connectivity index (χ0v) is 12.4. The number of nitrogens with one attached hydrogen (secondary N) is 1. The van der Waals surface area contributed by atoms with Crippen molar-refractivity contribution in [3.8, 4) is 5.69 Å². The maximum Gasteiger partial charge on any atom is 0.255 e. The van der Waals surface area contributed by atoms with Crippen molar-refractivity contribution in [2.24, 2.45) is 0 Å². The average molecular weight is 344 g/mol. The molecule has 1 amide bonds. The quantitative estimate of drug-likeness (QED) is 0.793. The van der Waals surface area contributed by atoms with Gasteiger partial charge in [0, 0.05) is 15.7 Å². The number of nitrogens with zero attached hydrogens (tertiary/aromatic N) is 4. The summed E-state index contributed by atoms with van der Waals surface area (Å²) in [5.41, 5.74) is 1.98. The van der Waals surface area contributed by atoms with E-state index >= 15 is 0 Å². The van der Waals surface area contributed by atoms with E-state index in [4.69, 9.17) is 0 Å². The van der Waals surface area contributed by atoms with E-state index in [0.717, 1.165) is 15.8 Å². The predicted molar refractivity (Wildman–Crippen MR) is 81.2 cm³/mol. The Kier molecular flexibility index (Phi) is 3.74. The van der Waals surface area contributed by atoms with Crippen molar-refractivity contribution in [1.29, 1.82) is 0 Å². The molecule has 7 heteroatoms. The minimum atomic E-state index is -0.192. The maximum atomic E-state index is 12.3. The first kappa shape index (κ1) is 13.4. The monoisotopic (exact) mass is 343 g/mol. The third kappa shape index (κ3) is 3.14. The molecule has 1 aromatic heterocycles. The van der Waals surface area contributed by atoms with Gasteiger partial charge in [0.2, 0.25) is 0 Å². The molecule has 21 heavy (non-hydrogen) atoms. The Morgan fingerprint density at radius 1 is 1.14 bits per heavy atom. The molecule has 6 nitrogen and oxygen atoms in total. The molecule has 0 unspecified atom stereocenters. The summed E-state index contributed by atoms with van der Waals surface area (Å²) in [5, 5.41) is 13.8. The molecular formula is C14H10BrN5O. The summed E-state index contributed by atoms with van der Waals surface area (Å²) in [6.45, 7) is 0. The average Bonchev–Trinajstić information content (AvgIpc) is 3.02. The Hall–Kier alpha value is -2.54. The number of carbonyl (C=O) groups is 1. The summed E-state index contributed by atoms with van der Waals surface area (Å²) in [5.74, 6) is -0.192. The highest BCUT2D eigenvalue weighted by Gasteiger charge is 2.08. The van der Waals surface area contributed by atoms with E-state index in [-0.39, 0.29) is 5.91 Å². The lowest BCUT2D eigenvalue weighted by atomic mass is 10.2. The lowest BCUT2D eigenvalue weighted by molar-refractivity contribution is 0.102. The second-order valence-corrected chi connectivity index (χ2v) is 5.18. The SMILES string of the molecule is O=C(Nc1cccc(Br)c1)c1cccc(-n2cnnn2)c1. The van der Waals surface area contributed by atoms with Crippen LogP contribution in [-0.4, -0.2) is 26.1 Å². The van der Waals surface area contributed by atoms with E-state index in [1.54, 1.807) is 18.2 Å². The maximum absolute atomic E-state index is 12.3. The Morgan fingerprint density at radius 3 is 2.76 bits per heavy atom. The first-order valence-corrected chi connectivity index (χ1v) is 6.92. The number of rotatable bonds is 3. The van der Waals surface area contributed by atoms with Gasteiger partial charge < -0.3 is 5.32 Å². The first-order chi connectivity index (χ1) is 10.2.